The van der Waals surface area contributed by atoms with Crippen molar-refractivity contribution >= 4 is 34.5 Å². The summed E-state index contributed by atoms with van der Waals surface area (Å²) in [6, 6.07) is 12.8. The van der Waals surface area contributed by atoms with Crippen molar-refractivity contribution in [1.82, 2.24) is 4.90 Å². The summed E-state index contributed by atoms with van der Waals surface area (Å²) in [5.74, 6) is -1.18. The molecule has 32 heavy (non-hydrogen) atoms. The van der Waals surface area contributed by atoms with E-state index in [1.165, 1.54) is 14.7 Å². The fourth-order valence-corrected chi connectivity index (χ4v) is 3.43. The van der Waals surface area contributed by atoms with Crippen molar-refractivity contribution in [3.05, 3.63) is 51.1 Å². The maximum Gasteiger partial charge on any atom is 0.414 e. The van der Waals surface area contributed by atoms with E-state index in [1.54, 1.807) is 21.3 Å². The number of rotatable bonds is 9. The van der Waals surface area contributed by atoms with Gasteiger partial charge in [-0.25, -0.2) is 9.59 Å². The highest BCUT2D eigenvalue weighted by Gasteiger charge is 2.13. The largest absolute Gasteiger partial charge is 0.497 e. The lowest BCUT2D eigenvalue weighted by Gasteiger charge is -2.25. The number of carboxylic acid groups (broad SMARTS) is 2. The van der Waals surface area contributed by atoms with Gasteiger partial charge in [0, 0.05) is 16.2 Å². The quantitative estimate of drug-likeness (QED) is 0.355. The Balaban J connectivity index is 0.000000751. The molecule has 0 radical (unpaired) electrons. The van der Waals surface area contributed by atoms with Crippen LogP contribution >= 0.6 is 22.6 Å². The minimum atomic E-state index is -1.82. The number of methoxy groups -OCH3 is 3. The number of benzene rings is 2. The van der Waals surface area contributed by atoms with Gasteiger partial charge in [0.1, 0.15) is 5.75 Å². The molecular weight excluding hydrogens is 529 g/mol. The Morgan fingerprint density at radius 1 is 0.969 bits per heavy atom. The van der Waals surface area contributed by atoms with Crippen LogP contribution in [0.3, 0.4) is 0 Å². The third kappa shape index (κ3) is 8.91. The number of ether oxygens (including phenoxy) is 3. The van der Waals surface area contributed by atoms with E-state index >= 15 is 0 Å². The molecule has 0 aliphatic carbocycles. The summed E-state index contributed by atoms with van der Waals surface area (Å²) in [4.78, 5) is 20.6. The number of nitrogens with zero attached hydrogens (tertiary/aromatic N) is 1. The summed E-state index contributed by atoms with van der Waals surface area (Å²) in [5.41, 5.74) is 2.58. The first kappa shape index (κ1) is 27.5. The van der Waals surface area contributed by atoms with E-state index in [4.69, 9.17) is 34.0 Å². The predicted molar refractivity (Wildman–Crippen MR) is 130 cm³/mol. The topological polar surface area (TPSA) is 106 Å². The van der Waals surface area contributed by atoms with Crippen LogP contribution in [0.1, 0.15) is 18.1 Å². The Labute approximate surface area is 202 Å². The standard InChI is InChI=1S/C21H28INO3.C2H2O4/c1-15(12-17-14-18(24-3)7-8-19(17)22)23(2)11-10-16-6-9-20(25-4)21(13-16)26-5;3-1(4)2(5)6/h6-9,13-15H,10-12H2,1-5H3;(H,3,4)(H,5,6). The predicted octanol–water partition coefficient (Wildman–Crippen LogP) is 3.58. The molecule has 0 amide bonds. The van der Waals surface area contributed by atoms with E-state index in [0.717, 1.165) is 36.6 Å². The van der Waals surface area contributed by atoms with Gasteiger partial charge in [-0.2, -0.15) is 0 Å². The van der Waals surface area contributed by atoms with Gasteiger partial charge in [-0.05, 0) is 90.9 Å². The number of likely N-dealkylation sites (N-methyl/N-ethyl adjacent to an activating group) is 1. The number of aliphatic carboxylic acids is 2. The highest BCUT2D eigenvalue weighted by atomic mass is 127. The summed E-state index contributed by atoms with van der Waals surface area (Å²) in [7, 11) is 7.22. The van der Waals surface area contributed by atoms with Crippen molar-refractivity contribution in [1.29, 1.82) is 0 Å². The lowest BCUT2D eigenvalue weighted by atomic mass is 10.0. The Kier molecular flexibility index (Phi) is 11.9. The van der Waals surface area contributed by atoms with Gasteiger partial charge >= 0.3 is 11.9 Å². The van der Waals surface area contributed by atoms with Crippen LogP contribution in [0.2, 0.25) is 0 Å². The minimum absolute atomic E-state index is 0.441. The molecule has 0 aliphatic heterocycles. The highest BCUT2D eigenvalue weighted by molar-refractivity contribution is 14.1. The van der Waals surface area contributed by atoms with E-state index < -0.39 is 11.9 Å². The molecule has 0 saturated heterocycles. The number of hydrogen-bond donors (Lipinski definition) is 2. The van der Waals surface area contributed by atoms with E-state index in [-0.39, 0.29) is 0 Å². The fraction of sp³-hybridized carbons (Fsp3) is 0.391. The maximum absolute atomic E-state index is 9.10. The van der Waals surface area contributed by atoms with Crippen molar-refractivity contribution < 1.29 is 34.0 Å². The van der Waals surface area contributed by atoms with Gasteiger partial charge in [0.05, 0.1) is 21.3 Å². The smallest absolute Gasteiger partial charge is 0.414 e. The molecule has 8 nitrogen and oxygen atoms in total. The lowest BCUT2D eigenvalue weighted by Crippen LogP contribution is -2.32. The van der Waals surface area contributed by atoms with Crippen LogP contribution in [0.4, 0.5) is 0 Å². The Hall–Kier alpha value is -2.53. The fourth-order valence-electron chi connectivity index (χ4n) is 2.87. The maximum atomic E-state index is 9.10. The van der Waals surface area contributed by atoms with Crippen molar-refractivity contribution in [3.63, 3.8) is 0 Å². The SMILES string of the molecule is COc1ccc(I)c(CC(C)N(C)CCc2ccc(OC)c(OC)c2)c1.O=C(O)C(=O)O. The summed E-state index contributed by atoms with van der Waals surface area (Å²) in [6.45, 7) is 3.25. The molecule has 0 fully saturated rings. The highest BCUT2D eigenvalue weighted by Crippen LogP contribution is 2.28. The minimum Gasteiger partial charge on any atom is -0.497 e. The van der Waals surface area contributed by atoms with E-state index in [1.807, 2.05) is 12.1 Å². The van der Waals surface area contributed by atoms with Gasteiger partial charge in [-0.1, -0.05) is 6.07 Å². The molecule has 0 bridgehead atoms. The first-order chi connectivity index (χ1) is 15.1. The second-order valence-corrected chi connectivity index (χ2v) is 8.20. The summed E-state index contributed by atoms with van der Waals surface area (Å²) in [5, 5.41) is 14.8. The van der Waals surface area contributed by atoms with Crippen molar-refractivity contribution in [2.75, 3.05) is 34.9 Å². The average molecular weight is 559 g/mol. The molecule has 0 saturated carbocycles. The van der Waals surface area contributed by atoms with Gasteiger partial charge < -0.3 is 29.3 Å². The van der Waals surface area contributed by atoms with Crippen molar-refractivity contribution in [2.24, 2.45) is 0 Å². The number of halogens is 1. The molecule has 0 aromatic heterocycles. The van der Waals surface area contributed by atoms with Crippen LogP contribution in [0.25, 0.3) is 0 Å². The zero-order valence-corrected chi connectivity index (χ0v) is 21.1. The molecule has 1 atom stereocenters. The molecule has 2 rings (SSSR count). The number of carbonyl (C=O) groups is 2. The monoisotopic (exact) mass is 559 g/mol. The number of carboxylic acids is 2. The van der Waals surface area contributed by atoms with Crippen molar-refractivity contribution in [2.45, 2.75) is 25.8 Å². The van der Waals surface area contributed by atoms with Crippen LogP contribution in [0, 0.1) is 3.57 Å². The second-order valence-electron chi connectivity index (χ2n) is 7.04. The van der Waals surface area contributed by atoms with E-state index in [9.17, 15) is 0 Å². The van der Waals surface area contributed by atoms with Gasteiger partial charge in [-0.3, -0.25) is 0 Å². The van der Waals surface area contributed by atoms with Gasteiger partial charge in [-0.15, -0.1) is 0 Å². The normalized spacial score (nSPS) is 11.2. The summed E-state index contributed by atoms with van der Waals surface area (Å²) < 4.78 is 17.3. The molecule has 176 valence electrons. The van der Waals surface area contributed by atoms with E-state index in [2.05, 4.69) is 65.7 Å². The third-order valence-electron chi connectivity index (χ3n) is 4.90. The van der Waals surface area contributed by atoms with Gasteiger partial charge in [0.25, 0.3) is 0 Å². The molecule has 2 aromatic carbocycles. The average Bonchev–Trinajstić information content (AvgIpc) is 2.78. The molecule has 9 heteroatoms. The summed E-state index contributed by atoms with van der Waals surface area (Å²) in [6.07, 6.45) is 1.97. The Bertz CT molecular complexity index is 892. The van der Waals surface area contributed by atoms with Crippen LogP contribution in [0.5, 0.6) is 17.2 Å². The summed E-state index contributed by atoms with van der Waals surface area (Å²) >= 11 is 2.40. The molecule has 0 heterocycles. The molecular formula is C23H30INO7. The Morgan fingerprint density at radius 2 is 1.59 bits per heavy atom. The lowest BCUT2D eigenvalue weighted by molar-refractivity contribution is -0.159. The second kappa shape index (κ2) is 13.8. The first-order valence-electron chi connectivity index (χ1n) is 9.82. The molecule has 0 spiro atoms. The number of hydrogen-bond acceptors (Lipinski definition) is 6. The molecule has 2 N–H and O–H groups in total. The van der Waals surface area contributed by atoms with Crippen LogP contribution < -0.4 is 14.2 Å². The van der Waals surface area contributed by atoms with E-state index in [0.29, 0.717) is 6.04 Å². The molecule has 0 aliphatic rings. The zero-order valence-electron chi connectivity index (χ0n) is 18.9. The first-order valence-corrected chi connectivity index (χ1v) is 10.9. The van der Waals surface area contributed by atoms with Crippen LogP contribution in [0.15, 0.2) is 36.4 Å². The zero-order chi connectivity index (χ0) is 24.3. The van der Waals surface area contributed by atoms with Crippen molar-refractivity contribution in [3.8, 4) is 17.2 Å². The molecule has 1 unspecified atom stereocenters. The third-order valence-corrected chi connectivity index (χ3v) is 5.96. The van der Waals surface area contributed by atoms with Gasteiger partial charge in [0.15, 0.2) is 11.5 Å². The van der Waals surface area contributed by atoms with Crippen LogP contribution in [-0.2, 0) is 22.4 Å². The molecule has 2 aromatic rings. The van der Waals surface area contributed by atoms with Gasteiger partial charge in [0.2, 0.25) is 0 Å². The Morgan fingerprint density at radius 3 is 2.12 bits per heavy atom. The van der Waals surface area contributed by atoms with Crippen LogP contribution in [-0.4, -0.2) is 68.0 Å².